The second kappa shape index (κ2) is 5.48. The highest BCUT2D eigenvalue weighted by Gasteiger charge is 2.22. The molecule has 15 heavy (non-hydrogen) atoms. The highest BCUT2D eigenvalue weighted by molar-refractivity contribution is 9.21. The van der Waals surface area contributed by atoms with E-state index in [-0.39, 0.29) is 5.75 Å². The summed E-state index contributed by atoms with van der Waals surface area (Å²) in [7, 11) is 0. The number of aliphatic carboxylic acids is 1. The number of aromatic hydroxyl groups is 1. The molecule has 0 aliphatic heterocycles. The lowest BCUT2D eigenvalue weighted by atomic mass is 10.1. The molecule has 0 fully saturated rings. The van der Waals surface area contributed by atoms with Gasteiger partial charge in [-0.05, 0) is 17.7 Å². The van der Waals surface area contributed by atoms with Crippen molar-refractivity contribution < 1.29 is 15.0 Å². The van der Waals surface area contributed by atoms with Crippen molar-refractivity contribution in [1.29, 1.82) is 0 Å². The van der Waals surface area contributed by atoms with Gasteiger partial charge in [-0.2, -0.15) is 2.95 Å². The van der Waals surface area contributed by atoms with E-state index in [0.717, 1.165) is 5.56 Å². The van der Waals surface area contributed by atoms with Crippen molar-refractivity contribution in [2.24, 2.45) is 0 Å². The lowest BCUT2D eigenvalue weighted by Crippen LogP contribution is -2.30. The minimum absolute atomic E-state index is 0.167. The molecule has 2 N–H and O–H groups in total. The van der Waals surface area contributed by atoms with Crippen molar-refractivity contribution in [3.05, 3.63) is 29.8 Å². The number of phenolic OH excluding ortho intramolecular Hbond substituents is 1. The van der Waals surface area contributed by atoms with Crippen LogP contribution in [0.1, 0.15) is 5.56 Å². The second-order valence-electron chi connectivity index (χ2n) is 2.98. The Morgan fingerprint density at radius 2 is 1.87 bits per heavy atom. The number of nitrogens with zero attached hydrogens (tertiary/aromatic N) is 1. The monoisotopic (exact) mass is 337 g/mol. The molecule has 0 bridgehead atoms. The number of halogens is 2. The normalized spacial score (nSPS) is 12.7. The van der Waals surface area contributed by atoms with Crippen molar-refractivity contribution in [2.75, 3.05) is 0 Å². The number of carboxylic acids is 1. The molecule has 1 rings (SSSR count). The number of rotatable bonds is 4. The maximum absolute atomic E-state index is 10.9. The topological polar surface area (TPSA) is 60.8 Å². The van der Waals surface area contributed by atoms with Crippen LogP contribution in [-0.2, 0) is 11.2 Å². The van der Waals surface area contributed by atoms with Gasteiger partial charge in [0.15, 0.2) is 0 Å². The number of carboxylic acid groups (broad SMARTS) is 1. The van der Waals surface area contributed by atoms with Gasteiger partial charge in [-0.25, -0.2) is 0 Å². The molecule has 0 unspecified atom stereocenters. The van der Waals surface area contributed by atoms with E-state index < -0.39 is 12.0 Å². The number of hydrogen-bond acceptors (Lipinski definition) is 3. The van der Waals surface area contributed by atoms with E-state index in [4.69, 9.17) is 10.2 Å². The van der Waals surface area contributed by atoms with Gasteiger partial charge in [-0.3, -0.25) is 4.79 Å². The van der Waals surface area contributed by atoms with Gasteiger partial charge in [0.25, 0.3) is 0 Å². The van der Waals surface area contributed by atoms with Crippen molar-refractivity contribution in [3.63, 3.8) is 0 Å². The molecular formula is C9H9Br2NO3. The van der Waals surface area contributed by atoms with Crippen LogP contribution in [0.4, 0.5) is 0 Å². The van der Waals surface area contributed by atoms with Crippen LogP contribution in [0, 0.1) is 0 Å². The Morgan fingerprint density at radius 1 is 1.33 bits per heavy atom. The second-order valence-corrected chi connectivity index (χ2v) is 5.46. The molecule has 6 heteroatoms. The number of phenols is 1. The van der Waals surface area contributed by atoms with Crippen LogP contribution in [0.15, 0.2) is 24.3 Å². The van der Waals surface area contributed by atoms with E-state index in [1.807, 2.05) is 0 Å². The standard InChI is InChI=1S/C9H9Br2NO3/c10-12(11)8(9(14)15)5-6-1-3-7(13)4-2-6/h1-4,8,13H,5H2,(H,14,15)/t8-/m0/s1. The molecule has 0 saturated carbocycles. The zero-order chi connectivity index (χ0) is 11.4. The molecule has 1 aromatic rings. The summed E-state index contributed by atoms with van der Waals surface area (Å²) in [5.74, 6) is -0.767. The highest BCUT2D eigenvalue weighted by Crippen LogP contribution is 2.18. The van der Waals surface area contributed by atoms with Crippen molar-refractivity contribution in [1.82, 2.24) is 2.95 Å². The molecule has 4 nitrogen and oxygen atoms in total. The van der Waals surface area contributed by atoms with Crippen LogP contribution in [0.2, 0.25) is 0 Å². The zero-order valence-electron chi connectivity index (χ0n) is 7.60. The van der Waals surface area contributed by atoms with Gasteiger partial charge in [0.05, 0.1) is 0 Å². The van der Waals surface area contributed by atoms with E-state index in [0.29, 0.717) is 6.42 Å². The lowest BCUT2D eigenvalue weighted by Gasteiger charge is -2.15. The molecule has 0 spiro atoms. The van der Waals surface area contributed by atoms with Crippen LogP contribution in [-0.4, -0.2) is 25.2 Å². The Balaban J connectivity index is 2.74. The molecule has 1 atom stereocenters. The van der Waals surface area contributed by atoms with Crippen LogP contribution in [0.5, 0.6) is 5.75 Å². The first-order chi connectivity index (χ1) is 7.00. The third kappa shape index (κ3) is 3.81. The molecule has 0 heterocycles. The van der Waals surface area contributed by atoms with E-state index in [1.165, 1.54) is 15.1 Å². The lowest BCUT2D eigenvalue weighted by molar-refractivity contribution is -0.139. The average Bonchev–Trinajstić information content (AvgIpc) is 2.15. The molecule has 0 radical (unpaired) electrons. The Bertz CT molecular complexity index is 340. The van der Waals surface area contributed by atoms with Crippen LogP contribution >= 0.6 is 32.3 Å². The molecule has 82 valence electrons. The molecule has 0 aliphatic rings. The van der Waals surface area contributed by atoms with E-state index in [2.05, 4.69) is 32.3 Å². The van der Waals surface area contributed by atoms with Gasteiger partial charge in [0.1, 0.15) is 11.8 Å². The number of hydrogen-bond donors (Lipinski definition) is 2. The van der Waals surface area contributed by atoms with Crippen molar-refractivity contribution in [2.45, 2.75) is 12.5 Å². The molecule has 0 aromatic heterocycles. The Labute approximate surface area is 104 Å². The smallest absolute Gasteiger partial charge is 0.323 e. The summed E-state index contributed by atoms with van der Waals surface area (Å²) in [6, 6.07) is 5.74. The Morgan fingerprint density at radius 3 is 2.27 bits per heavy atom. The van der Waals surface area contributed by atoms with Crippen LogP contribution in [0.3, 0.4) is 0 Å². The van der Waals surface area contributed by atoms with Gasteiger partial charge in [0, 0.05) is 38.7 Å². The molecule has 0 saturated heterocycles. The third-order valence-electron chi connectivity index (χ3n) is 1.89. The van der Waals surface area contributed by atoms with E-state index in [9.17, 15) is 4.79 Å². The fourth-order valence-electron chi connectivity index (χ4n) is 1.10. The minimum Gasteiger partial charge on any atom is -0.508 e. The summed E-state index contributed by atoms with van der Waals surface area (Å²) in [5, 5.41) is 18.0. The highest BCUT2D eigenvalue weighted by atomic mass is 79.9. The Kier molecular flexibility index (Phi) is 4.56. The van der Waals surface area contributed by atoms with Gasteiger partial charge in [-0.15, -0.1) is 0 Å². The maximum atomic E-state index is 10.9. The summed E-state index contributed by atoms with van der Waals surface area (Å²) in [6.45, 7) is 0. The predicted octanol–water partition coefficient (Wildman–Crippen LogP) is 2.31. The molecule has 0 amide bonds. The van der Waals surface area contributed by atoms with Gasteiger partial charge in [-0.1, -0.05) is 12.1 Å². The SMILES string of the molecule is O=C(O)[C@H](Cc1ccc(O)cc1)N(Br)Br. The molecular weight excluding hydrogens is 330 g/mol. The number of carbonyl (C=O) groups is 1. The molecule has 1 aromatic carbocycles. The zero-order valence-corrected chi connectivity index (χ0v) is 10.8. The van der Waals surface area contributed by atoms with Gasteiger partial charge >= 0.3 is 5.97 Å². The summed E-state index contributed by atoms with van der Waals surface area (Å²) >= 11 is 6.07. The van der Waals surface area contributed by atoms with Gasteiger partial charge in [0.2, 0.25) is 0 Å². The number of benzene rings is 1. The van der Waals surface area contributed by atoms with E-state index in [1.54, 1.807) is 12.1 Å². The first kappa shape index (κ1) is 12.5. The summed E-state index contributed by atoms with van der Waals surface area (Å²) in [4.78, 5) is 10.9. The van der Waals surface area contributed by atoms with Crippen LogP contribution < -0.4 is 0 Å². The fourth-order valence-corrected chi connectivity index (χ4v) is 1.73. The average molecular weight is 339 g/mol. The fraction of sp³-hybridized carbons (Fsp3) is 0.222. The predicted molar refractivity (Wildman–Crippen MR) is 62.9 cm³/mol. The summed E-state index contributed by atoms with van der Waals surface area (Å²) in [6.07, 6.45) is 0.339. The maximum Gasteiger partial charge on any atom is 0.323 e. The van der Waals surface area contributed by atoms with Crippen molar-refractivity contribution >= 4 is 38.3 Å². The largest absolute Gasteiger partial charge is 0.508 e. The van der Waals surface area contributed by atoms with Crippen molar-refractivity contribution in [3.8, 4) is 5.75 Å². The minimum atomic E-state index is -0.933. The van der Waals surface area contributed by atoms with Gasteiger partial charge < -0.3 is 10.2 Å². The third-order valence-corrected chi connectivity index (χ3v) is 2.87. The quantitative estimate of drug-likeness (QED) is 0.827. The summed E-state index contributed by atoms with van der Waals surface area (Å²) < 4.78 is 1.29. The summed E-state index contributed by atoms with van der Waals surface area (Å²) in [5.41, 5.74) is 0.837. The first-order valence-electron chi connectivity index (χ1n) is 4.12. The Hall–Kier alpha value is -0.590. The van der Waals surface area contributed by atoms with E-state index >= 15 is 0 Å². The van der Waals surface area contributed by atoms with Crippen LogP contribution in [0.25, 0.3) is 0 Å². The first-order valence-corrected chi connectivity index (χ1v) is 5.54. The molecule has 0 aliphatic carbocycles.